The number of rotatable bonds is 6. The molecule has 0 bridgehead atoms. The van der Waals surface area contributed by atoms with Crippen molar-refractivity contribution in [2.75, 3.05) is 13.7 Å². The van der Waals surface area contributed by atoms with E-state index in [0.29, 0.717) is 5.75 Å². The number of benzene rings is 1. The Hall–Kier alpha value is -1.03. The van der Waals surface area contributed by atoms with Crippen molar-refractivity contribution < 1.29 is 14.3 Å². The SMILES string of the molecule is CCC(C)C(=O)COc1ccc(OC)cc1Br. The molecule has 4 heteroatoms. The molecule has 0 N–H and O–H groups in total. The maximum absolute atomic E-state index is 11.6. The molecule has 1 aromatic rings. The number of ether oxygens (including phenoxy) is 2. The minimum Gasteiger partial charge on any atom is -0.497 e. The molecule has 0 spiro atoms. The van der Waals surface area contributed by atoms with E-state index in [1.54, 1.807) is 19.2 Å². The van der Waals surface area contributed by atoms with Crippen LogP contribution in [0.2, 0.25) is 0 Å². The van der Waals surface area contributed by atoms with Crippen molar-refractivity contribution in [3.63, 3.8) is 0 Å². The van der Waals surface area contributed by atoms with E-state index in [1.807, 2.05) is 19.9 Å². The standard InChI is InChI=1S/C13H17BrO3/c1-4-9(2)12(15)8-17-13-6-5-10(16-3)7-11(13)14/h5-7,9H,4,8H2,1-3H3. The van der Waals surface area contributed by atoms with Gasteiger partial charge in [0, 0.05) is 5.92 Å². The van der Waals surface area contributed by atoms with Crippen LogP contribution in [0, 0.1) is 5.92 Å². The van der Waals surface area contributed by atoms with Gasteiger partial charge in [-0.15, -0.1) is 0 Å². The summed E-state index contributed by atoms with van der Waals surface area (Å²) < 4.78 is 11.3. The largest absolute Gasteiger partial charge is 0.497 e. The average Bonchev–Trinajstić information content (AvgIpc) is 2.35. The number of carbonyl (C=O) groups is 1. The number of methoxy groups -OCH3 is 1. The second-order valence-electron chi connectivity index (χ2n) is 3.86. The minimum absolute atomic E-state index is 0.0482. The van der Waals surface area contributed by atoms with E-state index in [0.717, 1.165) is 16.6 Å². The second kappa shape index (κ2) is 6.64. The van der Waals surface area contributed by atoms with E-state index < -0.39 is 0 Å². The Morgan fingerprint density at radius 1 is 1.47 bits per heavy atom. The summed E-state index contributed by atoms with van der Waals surface area (Å²) >= 11 is 3.38. The van der Waals surface area contributed by atoms with Gasteiger partial charge in [-0.25, -0.2) is 0 Å². The van der Waals surface area contributed by atoms with E-state index in [9.17, 15) is 4.79 Å². The highest BCUT2D eigenvalue weighted by Gasteiger charge is 2.12. The predicted molar refractivity (Wildman–Crippen MR) is 70.7 cm³/mol. The Morgan fingerprint density at radius 3 is 2.71 bits per heavy atom. The highest BCUT2D eigenvalue weighted by atomic mass is 79.9. The van der Waals surface area contributed by atoms with E-state index in [2.05, 4.69) is 15.9 Å². The number of ketones is 1. The molecule has 0 aromatic heterocycles. The Balaban J connectivity index is 2.61. The number of carbonyl (C=O) groups excluding carboxylic acids is 1. The van der Waals surface area contributed by atoms with Crippen molar-refractivity contribution in [1.29, 1.82) is 0 Å². The molecule has 0 aliphatic heterocycles. The fourth-order valence-corrected chi connectivity index (χ4v) is 1.72. The first kappa shape index (κ1) is 14.0. The third-order valence-electron chi connectivity index (χ3n) is 2.67. The maximum atomic E-state index is 11.6. The zero-order valence-corrected chi connectivity index (χ0v) is 11.9. The first-order valence-electron chi connectivity index (χ1n) is 5.57. The zero-order valence-electron chi connectivity index (χ0n) is 10.3. The molecule has 0 aliphatic rings. The molecule has 0 fully saturated rings. The first-order chi connectivity index (χ1) is 8.08. The topological polar surface area (TPSA) is 35.5 Å². The predicted octanol–water partition coefficient (Wildman–Crippen LogP) is 3.45. The molecule has 1 aromatic carbocycles. The molecule has 94 valence electrons. The quantitative estimate of drug-likeness (QED) is 0.807. The number of Topliss-reactive ketones (excluding diaryl/α,β-unsaturated/α-hetero) is 1. The molecular weight excluding hydrogens is 284 g/mol. The monoisotopic (exact) mass is 300 g/mol. The summed E-state index contributed by atoms with van der Waals surface area (Å²) in [5, 5.41) is 0. The third-order valence-corrected chi connectivity index (χ3v) is 3.29. The summed E-state index contributed by atoms with van der Waals surface area (Å²) in [5.41, 5.74) is 0. The smallest absolute Gasteiger partial charge is 0.172 e. The van der Waals surface area contributed by atoms with Crippen molar-refractivity contribution in [3.05, 3.63) is 22.7 Å². The lowest BCUT2D eigenvalue weighted by Crippen LogP contribution is -2.18. The van der Waals surface area contributed by atoms with Gasteiger partial charge in [0.1, 0.15) is 18.1 Å². The molecule has 0 saturated carbocycles. The fourth-order valence-electron chi connectivity index (χ4n) is 1.24. The fraction of sp³-hybridized carbons (Fsp3) is 0.462. The molecule has 1 unspecified atom stereocenters. The second-order valence-corrected chi connectivity index (χ2v) is 4.71. The average molecular weight is 301 g/mol. The van der Waals surface area contributed by atoms with Crippen molar-refractivity contribution in [2.24, 2.45) is 5.92 Å². The van der Waals surface area contributed by atoms with Crippen molar-refractivity contribution in [3.8, 4) is 11.5 Å². The maximum Gasteiger partial charge on any atom is 0.172 e. The van der Waals surface area contributed by atoms with Gasteiger partial charge in [-0.3, -0.25) is 4.79 Å². The Kier molecular flexibility index (Phi) is 5.48. The third kappa shape index (κ3) is 4.04. The Labute approximate surface area is 110 Å². The van der Waals surface area contributed by atoms with Gasteiger partial charge in [-0.2, -0.15) is 0 Å². The summed E-state index contributed by atoms with van der Waals surface area (Å²) in [6.07, 6.45) is 0.839. The van der Waals surface area contributed by atoms with Gasteiger partial charge in [0.05, 0.1) is 11.6 Å². The van der Waals surface area contributed by atoms with Crippen LogP contribution in [0.1, 0.15) is 20.3 Å². The van der Waals surface area contributed by atoms with Crippen molar-refractivity contribution >= 4 is 21.7 Å². The zero-order chi connectivity index (χ0) is 12.8. The van der Waals surface area contributed by atoms with Gasteiger partial charge in [-0.1, -0.05) is 13.8 Å². The lowest BCUT2D eigenvalue weighted by atomic mass is 10.1. The molecule has 3 nitrogen and oxygen atoms in total. The van der Waals surface area contributed by atoms with Crippen LogP contribution in [0.25, 0.3) is 0 Å². The van der Waals surface area contributed by atoms with E-state index >= 15 is 0 Å². The Bertz CT molecular complexity index is 390. The van der Waals surface area contributed by atoms with Gasteiger partial charge in [0.2, 0.25) is 0 Å². The van der Waals surface area contributed by atoms with Crippen LogP contribution in [0.3, 0.4) is 0 Å². The minimum atomic E-state index is 0.0482. The lowest BCUT2D eigenvalue weighted by Gasteiger charge is -2.11. The van der Waals surface area contributed by atoms with Crippen LogP contribution >= 0.6 is 15.9 Å². The number of halogens is 1. The highest BCUT2D eigenvalue weighted by Crippen LogP contribution is 2.29. The van der Waals surface area contributed by atoms with Crippen LogP contribution < -0.4 is 9.47 Å². The molecule has 1 rings (SSSR count). The van der Waals surface area contributed by atoms with Crippen LogP contribution in [0.15, 0.2) is 22.7 Å². The Morgan fingerprint density at radius 2 is 2.18 bits per heavy atom. The summed E-state index contributed by atoms with van der Waals surface area (Å²) in [4.78, 5) is 11.6. The van der Waals surface area contributed by atoms with Crippen LogP contribution in [-0.2, 0) is 4.79 Å². The lowest BCUT2D eigenvalue weighted by molar-refractivity contribution is -0.124. The summed E-state index contributed by atoms with van der Waals surface area (Å²) in [6, 6.07) is 5.39. The molecule has 0 saturated heterocycles. The molecule has 0 heterocycles. The van der Waals surface area contributed by atoms with Gasteiger partial charge in [0.25, 0.3) is 0 Å². The molecule has 0 amide bonds. The molecule has 17 heavy (non-hydrogen) atoms. The van der Waals surface area contributed by atoms with E-state index in [1.165, 1.54) is 0 Å². The summed E-state index contributed by atoms with van der Waals surface area (Å²) in [5.74, 6) is 1.57. The van der Waals surface area contributed by atoms with Crippen molar-refractivity contribution in [1.82, 2.24) is 0 Å². The van der Waals surface area contributed by atoms with Crippen LogP contribution in [0.5, 0.6) is 11.5 Å². The molecule has 0 radical (unpaired) electrons. The summed E-state index contributed by atoms with van der Waals surface area (Å²) in [7, 11) is 1.61. The van der Waals surface area contributed by atoms with Gasteiger partial charge in [0.15, 0.2) is 5.78 Å². The summed E-state index contributed by atoms with van der Waals surface area (Å²) in [6.45, 7) is 4.01. The van der Waals surface area contributed by atoms with Crippen LogP contribution in [-0.4, -0.2) is 19.5 Å². The van der Waals surface area contributed by atoms with Crippen molar-refractivity contribution in [2.45, 2.75) is 20.3 Å². The van der Waals surface area contributed by atoms with E-state index in [-0.39, 0.29) is 18.3 Å². The molecule has 1 atom stereocenters. The normalized spacial score (nSPS) is 12.0. The van der Waals surface area contributed by atoms with E-state index in [4.69, 9.17) is 9.47 Å². The van der Waals surface area contributed by atoms with Gasteiger partial charge >= 0.3 is 0 Å². The number of hydrogen-bond donors (Lipinski definition) is 0. The van der Waals surface area contributed by atoms with Crippen LogP contribution in [0.4, 0.5) is 0 Å². The molecule has 0 aliphatic carbocycles. The number of hydrogen-bond acceptors (Lipinski definition) is 3. The highest BCUT2D eigenvalue weighted by molar-refractivity contribution is 9.10. The molecular formula is C13H17BrO3. The van der Waals surface area contributed by atoms with Gasteiger partial charge < -0.3 is 9.47 Å². The van der Waals surface area contributed by atoms with Gasteiger partial charge in [-0.05, 0) is 40.5 Å². The first-order valence-corrected chi connectivity index (χ1v) is 6.36.